The molecule has 0 unspecified atom stereocenters. The first-order valence-electron chi connectivity index (χ1n) is 3.25. The zero-order valence-corrected chi connectivity index (χ0v) is 9.19. The van der Waals surface area contributed by atoms with E-state index in [2.05, 4.69) is 9.97 Å². The lowest BCUT2D eigenvalue weighted by atomic mass is 10.4. The van der Waals surface area contributed by atoms with Crippen molar-refractivity contribution in [3.63, 3.8) is 0 Å². The molecule has 0 radical (unpaired) electrons. The number of carbonyl (C=O) groups is 1. The molecule has 0 spiro atoms. The van der Waals surface area contributed by atoms with Gasteiger partial charge in [-0.15, -0.1) is 0 Å². The quantitative estimate of drug-likeness (QED) is 0.579. The topological polar surface area (TPSA) is 77.0 Å². The Morgan fingerprint density at radius 2 is 2.07 bits per heavy atom. The van der Waals surface area contributed by atoms with Crippen molar-refractivity contribution in [1.29, 1.82) is 0 Å². The fourth-order valence-electron chi connectivity index (χ4n) is 0.667. The molecule has 0 bridgehead atoms. The molecule has 0 aliphatic rings. The molecule has 0 N–H and O–H groups in total. The van der Waals surface area contributed by atoms with E-state index in [9.17, 15) is 13.2 Å². The Balaban J connectivity index is 3.42. The molecular weight excluding hydrogens is 251 g/mol. The van der Waals surface area contributed by atoms with Gasteiger partial charge in [0.2, 0.25) is 15.0 Å². The van der Waals surface area contributed by atoms with Crippen molar-refractivity contribution in [2.75, 3.05) is 6.26 Å². The van der Waals surface area contributed by atoms with Crippen molar-refractivity contribution in [3.05, 3.63) is 16.9 Å². The molecule has 1 rings (SSSR count). The Morgan fingerprint density at radius 1 is 1.50 bits per heavy atom. The minimum atomic E-state index is -3.57. The first-order valence-corrected chi connectivity index (χ1v) is 5.89. The zero-order chi connectivity index (χ0) is 10.9. The van der Waals surface area contributed by atoms with Gasteiger partial charge in [-0.2, -0.15) is 0 Å². The lowest BCUT2D eigenvalue weighted by molar-refractivity contribution is 0.107. The highest BCUT2D eigenvalue weighted by molar-refractivity contribution is 7.90. The third kappa shape index (κ3) is 2.40. The number of aromatic nitrogens is 2. The van der Waals surface area contributed by atoms with Crippen LogP contribution in [0.25, 0.3) is 0 Å². The smallest absolute Gasteiger partial charge is 0.272 e. The van der Waals surface area contributed by atoms with Gasteiger partial charge in [0.15, 0.2) is 0 Å². The maximum absolute atomic E-state index is 11.0. The summed E-state index contributed by atoms with van der Waals surface area (Å²) in [6.07, 6.45) is 1.93. The summed E-state index contributed by atoms with van der Waals surface area (Å²) in [4.78, 5) is 17.6. The summed E-state index contributed by atoms with van der Waals surface area (Å²) in [6.45, 7) is 0. The van der Waals surface area contributed by atoms with Crippen LogP contribution < -0.4 is 0 Å². The number of carbonyl (C=O) groups excluding carboxylic acids is 1. The molecule has 8 heteroatoms. The van der Waals surface area contributed by atoms with Gasteiger partial charge >= 0.3 is 0 Å². The van der Waals surface area contributed by atoms with Crippen molar-refractivity contribution >= 4 is 38.3 Å². The van der Waals surface area contributed by atoms with Crippen LogP contribution in [0.3, 0.4) is 0 Å². The third-order valence-electron chi connectivity index (χ3n) is 1.24. The minimum Gasteiger partial charge on any atom is -0.274 e. The van der Waals surface area contributed by atoms with E-state index in [1.807, 2.05) is 0 Å². The molecule has 1 aromatic rings. The second-order valence-electron chi connectivity index (χ2n) is 2.39. The number of sulfone groups is 1. The summed E-state index contributed by atoms with van der Waals surface area (Å²) in [5.41, 5.74) is -0.316. The van der Waals surface area contributed by atoms with Crippen molar-refractivity contribution in [2.24, 2.45) is 0 Å². The largest absolute Gasteiger partial charge is 0.274 e. The average molecular weight is 255 g/mol. The van der Waals surface area contributed by atoms with Crippen LogP contribution in [0.4, 0.5) is 0 Å². The van der Waals surface area contributed by atoms with Crippen LogP contribution in [0.15, 0.2) is 11.4 Å². The second kappa shape index (κ2) is 3.80. The summed E-state index contributed by atoms with van der Waals surface area (Å²) in [5, 5.41) is -1.49. The van der Waals surface area contributed by atoms with Crippen molar-refractivity contribution in [3.8, 4) is 0 Å². The van der Waals surface area contributed by atoms with Gasteiger partial charge in [0, 0.05) is 6.26 Å². The van der Waals surface area contributed by atoms with Crippen LogP contribution in [0, 0.1) is 0 Å². The summed E-state index contributed by atoms with van der Waals surface area (Å²) in [7, 11) is -3.57. The highest BCUT2D eigenvalue weighted by Gasteiger charge is 2.17. The monoisotopic (exact) mass is 254 g/mol. The molecule has 0 saturated carbocycles. The SMILES string of the molecule is CS(=O)(=O)c1ncc(Cl)c(C(=O)Cl)n1. The van der Waals surface area contributed by atoms with E-state index in [1.54, 1.807) is 0 Å². The fourth-order valence-corrected chi connectivity index (χ4v) is 1.54. The molecule has 1 aromatic heterocycles. The lowest BCUT2D eigenvalue weighted by Gasteiger charge is -1.99. The molecule has 14 heavy (non-hydrogen) atoms. The molecule has 0 aromatic carbocycles. The van der Waals surface area contributed by atoms with Gasteiger partial charge in [-0.25, -0.2) is 18.4 Å². The number of halogens is 2. The highest BCUT2D eigenvalue weighted by atomic mass is 35.5. The predicted molar refractivity (Wildman–Crippen MR) is 50.3 cm³/mol. The molecular formula is C6H4Cl2N2O3S. The Labute approximate surface area is 90.0 Å². The van der Waals surface area contributed by atoms with Gasteiger partial charge in [-0.05, 0) is 11.6 Å². The summed E-state index contributed by atoms with van der Waals surface area (Å²) < 4.78 is 22.0. The maximum Gasteiger partial charge on any atom is 0.272 e. The average Bonchev–Trinajstić information content (AvgIpc) is 2.02. The van der Waals surface area contributed by atoms with Gasteiger partial charge in [0.1, 0.15) is 5.69 Å². The van der Waals surface area contributed by atoms with Crippen LogP contribution in [-0.4, -0.2) is 29.9 Å². The minimum absolute atomic E-state index is 0.0857. The van der Waals surface area contributed by atoms with Crippen molar-refractivity contribution in [2.45, 2.75) is 5.16 Å². The third-order valence-corrected chi connectivity index (χ3v) is 2.56. The first-order chi connectivity index (χ1) is 6.32. The second-order valence-corrected chi connectivity index (χ2v) is 5.05. The van der Waals surface area contributed by atoms with Gasteiger partial charge in [0.05, 0.1) is 11.2 Å². The summed E-state index contributed by atoms with van der Waals surface area (Å²) in [6, 6.07) is 0. The molecule has 0 atom stereocenters. The van der Waals surface area contributed by atoms with Gasteiger partial charge in [0.25, 0.3) is 5.24 Å². The standard InChI is InChI=1S/C6H4Cl2N2O3S/c1-14(12,13)6-9-2-3(7)4(10-6)5(8)11/h2H,1H3. The van der Waals surface area contributed by atoms with Crippen LogP contribution >= 0.6 is 23.2 Å². The zero-order valence-electron chi connectivity index (χ0n) is 6.86. The molecule has 5 nitrogen and oxygen atoms in total. The van der Waals surface area contributed by atoms with Crippen LogP contribution in [-0.2, 0) is 9.84 Å². The van der Waals surface area contributed by atoms with Gasteiger partial charge in [-0.3, -0.25) is 4.79 Å². The normalized spacial score (nSPS) is 11.4. The Morgan fingerprint density at radius 3 is 2.50 bits per heavy atom. The lowest BCUT2D eigenvalue weighted by Crippen LogP contribution is -2.07. The number of rotatable bonds is 2. The number of hydrogen-bond donors (Lipinski definition) is 0. The maximum atomic E-state index is 11.0. The Kier molecular flexibility index (Phi) is 3.08. The van der Waals surface area contributed by atoms with Crippen molar-refractivity contribution < 1.29 is 13.2 Å². The molecule has 0 aliphatic carbocycles. The van der Waals surface area contributed by atoms with Crippen LogP contribution in [0.1, 0.15) is 10.5 Å². The van der Waals surface area contributed by atoms with Crippen LogP contribution in [0.5, 0.6) is 0 Å². The van der Waals surface area contributed by atoms with E-state index in [0.29, 0.717) is 0 Å². The van der Waals surface area contributed by atoms with E-state index in [1.165, 1.54) is 0 Å². The molecule has 76 valence electrons. The van der Waals surface area contributed by atoms with E-state index in [-0.39, 0.29) is 10.7 Å². The van der Waals surface area contributed by atoms with E-state index in [4.69, 9.17) is 23.2 Å². The first kappa shape index (κ1) is 11.4. The fraction of sp³-hybridized carbons (Fsp3) is 0.167. The molecule has 1 heterocycles. The molecule has 0 fully saturated rings. The van der Waals surface area contributed by atoms with E-state index < -0.39 is 20.2 Å². The number of nitrogens with zero attached hydrogens (tertiary/aromatic N) is 2. The molecule has 0 aliphatic heterocycles. The van der Waals surface area contributed by atoms with Crippen LogP contribution in [0.2, 0.25) is 5.02 Å². The summed E-state index contributed by atoms with van der Waals surface area (Å²) >= 11 is 10.6. The molecule has 0 saturated heterocycles. The summed E-state index contributed by atoms with van der Waals surface area (Å²) in [5.74, 6) is 0. The van der Waals surface area contributed by atoms with Gasteiger partial charge in [-0.1, -0.05) is 11.6 Å². The Bertz CT molecular complexity index is 486. The number of hydrogen-bond acceptors (Lipinski definition) is 5. The van der Waals surface area contributed by atoms with Gasteiger partial charge < -0.3 is 0 Å². The Hall–Kier alpha value is -0.720. The highest BCUT2D eigenvalue weighted by Crippen LogP contribution is 2.15. The van der Waals surface area contributed by atoms with E-state index in [0.717, 1.165) is 12.5 Å². The predicted octanol–water partition coefficient (Wildman–Crippen LogP) is 0.913. The van der Waals surface area contributed by atoms with Crippen molar-refractivity contribution in [1.82, 2.24) is 9.97 Å². The molecule has 0 amide bonds. The van der Waals surface area contributed by atoms with E-state index >= 15 is 0 Å².